The Kier molecular flexibility index (Phi) is 8.59. The summed E-state index contributed by atoms with van der Waals surface area (Å²) in [5.74, 6) is 0.248. The second-order valence-electron chi connectivity index (χ2n) is 8.47. The molecule has 1 unspecified atom stereocenters. The second-order valence-corrected chi connectivity index (χ2v) is 8.47. The van der Waals surface area contributed by atoms with E-state index in [2.05, 4.69) is 42.1 Å². The van der Waals surface area contributed by atoms with Gasteiger partial charge in [0.2, 0.25) is 0 Å². The van der Waals surface area contributed by atoms with E-state index in [1.165, 1.54) is 24.7 Å². The molecule has 0 aliphatic carbocycles. The van der Waals surface area contributed by atoms with Crippen molar-refractivity contribution in [2.75, 3.05) is 46.4 Å². The van der Waals surface area contributed by atoms with Crippen molar-refractivity contribution in [3.8, 4) is 17.1 Å². The number of hydrogen-bond donors (Lipinski definition) is 2. The zero-order valence-corrected chi connectivity index (χ0v) is 19.6. The summed E-state index contributed by atoms with van der Waals surface area (Å²) in [6.07, 6.45) is 2.87. The SMILES string of the molecule is CN1CCN(CCOc2ccc(-c3ncc(CC(O)NCc4ccnc(F)n4)cn3)c(F)c2)CC1. The minimum atomic E-state index is -0.915. The predicted octanol–water partition coefficient (Wildman–Crippen LogP) is 1.49. The second kappa shape index (κ2) is 12.0. The van der Waals surface area contributed by atoms with Gasteiger partial charge in [0.25, 0.3) is 0 Å². The van der Waals surface area contributed by atoms with Gasteiger partial charge in [-0.25, -0.2) is 24.3 Å². The zero-order chi connectivity index (χ0) is 24.6. The quantitative estimate of drug-likeness (QED) is 0.327. The van der Waals surface area contributed by atoms with Crippen LogP contribution in [-0.2, 0) is 13.0 Å². The van der Waals surface area contributed by atoms with Gasteiger partial charge in [-0.1, -0.05) is 0 Å². The number of aliphatic hydroxyl groups is 1. The highest BCUT2D eigenvalue weighted by molar-refractivity contribution is 5.57. The maximum atomic E-state index is 14.7. The van der Waals surface area contributed by atoms with Crippen molar-refractivity contribution in [1.82, 2.24) is 35.1 Å². The van der Waals surface area contributed by atoms with E-state index >= 15 is 0 Å². The Morgan fingerprint density at radius 1 is 1.09 bits per heavy atom. The molecule has 1 aliphatic heterocycles. The molecular formula is C24H29F2N7O2. The molecule has 4 rings (SSSR count). The molecule has 0 spiro atoms. The summed E-state index contributed by atoms with van der Waals surface area (Å²) in [4.78, 5) is 20.1. The van der Waals surface area contributed by atoms with Gasteiger partial charge in [-0.3, -0.25) is 10.2 Å². The number of aliphatic hydroxyl groups excluding tert-OH is 1. The van der Waals surface area contributed by atoms with E-state index < -0.39 is 18.1 Å². The highest BCUT2D eigenvalue weighted by Gasteiger charge is 2.14. The van der Waals surface area contributed by atoms with E-state index in [0.29, 0.717) is 23.6 Å². The lowest BCUT2D eigenvalue weighted by Crippen LogP contribution is -2.45. The molecule has 35 heavy (non-hydrogen) atoms. The fourth-order valence-electron chi connectivity index (χ4n) is 3.72. The van der Waals surface area contributed by atoms with E-state index in [1.807, 2.05) is 0 Å². The Morgan fingerprint density at radius 2 is 1.86 bits per heavy atom. The number of rotatable bonds is 10. The molecule has 186 valence electrons. The molecule has 1 saturated heterocycles. The normalized spacial score (nSPS) is 15.8. The van der Waals surface area contributed by atoms with Crippen LogP contribution in [0.3, 0.4) is 0 Å². The average Bonchev–Trinajstić information content (AvgIpc) is 2.85. The highest BCUT2D eigenvalue weighted by atomic mass is 19.1. The Bertz CT molecular complexity index is 1100. The van der Waals surface area contributed by atoms with Crippen LogP contribution in [0.2, 0.25) is 0 Å². The number of nitrogens with zero attached hydrogens (tertiary/aromatic N) is 6. The summed E-state index contributed by atoms with van der Waals surface area (Å²) in [7, 11) is 2.11. The third-order valence-electron chi connectivity index (χ3n) is 5.79. The van der Waals surface area contributed by atoms with Gasteiger partial charge in [-0.2, -0.15) is 4.39 Å². The Balaban J connectivity index is 1.26. The molecule has 3 aromatic rings. The molecule has 1 aliphatic rings. The lowest BCUT2D eigenvalue weighted by molar-refractivity contribution is 0.133. The number of likely N-dealkylation sites (N-methyl/N-ethyl adjacent to an activating group) is 1. The van der Waals surface area contributed by atoms with Crippen LogP contribution in [0.15, 0.2) is 42.9 Å². The first-order chi connectivity index (χ1) is 17.0. The van der Waals surface area contributed by atoms with E-state index in [0.717, 1.165) is 32.7 Å². The van der Waals surface area contributed by atoms with Gasteiger partial charge < -0.3 is 14.7 Å². The molecule has 9 nitrogen and oxygen atoms in total. The summed E-state index contributed by atoms with van der Waals surface area (Å²) in [6, 6.07) is 6.22. The number of ether oxygens (including phenoxy) is 1. The molecule has 0 bridgehead atoms. The molecule has 0 radical (unpaired) electrons. The largest absolute Gasteiger partial charge is 0.492 e. The molecule has 11 heteroatoms. The maximum absolute atomic E-state index is 14.7. The molecule has 1 aromatic carbocycles. The third-order valence-corrected chi connectivity index (χ3v) is 5.79. The van der Waals surface area contributed by atoms with Crippen molar-refractivity contribution in [3.63, 3.8) is 0 Å². The smallest absolute Gasteiger partial charge is 0.308 e. The molecule has 1 atom stereocenters. The molecule has 3 heterocycles. The number of benzene rings is 1. The van der Waals surface area contributed by atoms with Gasteiger partial charge in [0, 0.05) is 70.3 Å². The van der Waals surface area contributed by atoms with Crippen molar-refractivity contribution in [2.24, 2.45) is 0 Å². The van der Waals surface area contributed by atoms with Crippen molar-refractivity contribution in [1.29, 1.82) is 0 Å². The zero-order valence-electron chi connectivity index (χ0n) is 19.6. The van der Waals surface area contributed by atoms with Crippen molar-refractivity contribution < 1.29 is 18.6 Å². The Morgan fingerprint density at radius 3 is 2.57 bits per heavy atom. The molecule has 0 amide bonds. The van der Waals surface area contributed by atoms with Crippen LogP contribution >= 0.6 is 0 Å². The Hall–Kier alpha value is -3.12. The number of aromatic nitrogens is 4. The first-order valence-corrected chi connectivity index (χ1v) is 11.5. The molecule has 0 saturated carbocycles. The van der Waals surface area contributed by atoms with Crippen molar-refractivity contribution >= 4 is 0 Å². The molecule has 2 N–H and O–H groups in total. The summed E-state index contributed by atoms with van der Waals surface area (Å²) in [5.41, 5.74) is 1.35. The van der Waals surface area contributed by atoms with Crippen LogP contribution in [0, 0.1) is 11.9 Å². The van der Waals surface area contributed by atoms with E-state index in [9.17, 15) is 13.9 Å². The lowest BCUT2D eigenvalue weighted by Gasteiger charge is -2.32. The first-order valence-electron chi connectivity index (χ1n) is 11.5. The van der Waals surface area contributed by atoms with E-state index in [-0.39, 0.29) is 24.4 Å². The minimum absolute atomic E-state index is 0.175. The summed E-state index contributed by atoms with van der Waals surface area (Å²) in [6.45, 7) is 5.58. The van der Waals surface area contributed by atoms with Crippen LogP contribution < -0.4 is 10.1 Å². The fraction of sp³-hybridized carbons (Fsp3) is 0.417. The molecular weight excluding hydrogens is 456 g/mol. The highest BCUT2D eigenvalue weighted by Crippen LogP contribution is 2.23. The van der Waals surface area contributed by atoms with Gasteiger partial charge in [0.15, 0.2) is 5.82 Å². The standard InChI is InChI=1S/C24H29F2N7O2/c1-32-6-8-33(9-7-32)10-11-35-19-2-3-20(21(25)13-19)23-29-14-17(15-30-23)12-22(34)28-16-18-4-5-27-24(26)31-18/h2-5,13-15,22,28,34H,6-12,16H2,1H3. The monoisotopic (exact) mass is 485 g/mol. The fourth-order valence-corrected chi connectivity index (χ4v) is 3.72. The lowest BCUT2D eigenvalue weighted by atomic mass is 10.1. The molecule has 1 fully saturated rings. The van der Waals surface area contributed by atoms with Crippen LogP contribution in [0.4, 0.5) is 8.78 Å². The van der Waals surface area contributed by atoms with Gasteiger partial charge in [0.05, 0.1) is 11.3 Å². The molecule has 2 aromatic heterocycles. The van der Waals surface area contributed by atoms with E-state index in [4.69, 9.17) is 4.74 Å². The average molecular weight is 486 g/mol. The topological polar surface area (TPSA) is 99.5 Å². The Labute approximate surface area is 202 Å². The van der Waals surface area contributed by atoms with Crippen LogP contribution in [-0.4, -0.2) is 87.4 Å². The predicted molar refractivity (Wildman–Crippen MR) is 125 cm³/mol. The maximum Gasteiger partial charge on any atom is 0.308 e. The van der Waals surface area contributed by atoms with Crippen molar-refractivity contribution in [2.45, 2.75) is 19.2 Å². The van der Waals surface area contributed by atoms with Crippen LogP contribution in [0.5, 0.6) is 5.75 Å². The van der Waals surface area contributed by atoms with Crippen LogP contribution in [0.1, 0.15) is 11.3 Å². The summed E-state index contributed by atoms with van der Waals surface area (Å²) < 4.78 is 33.5. The minimum Gasteiger partial charge on any atom is -0.492 e. The number of hydrogen-bond acceptors (Lipinski definition) is 9. The van der Waals surface area contributed by atoms with Gasteiger partial charge in [-0.05, 0) is 30.8 Å². The first kappa shape index (κ1) is 25.0. The van der Waals surface area contributed by atoms with Gasteiger partial charge >= 0.3 is 6.08 Å². The number of nitrogens with one attached hydrogen (secondary N) is 1. The third kappa shape index (κ3) is 7.43. The number of piperazine rings is 1. The van der Waals surface area contributed by atoms with Gasteiger partial charge in [-0.15, -0.1) is 0 Å². The van der Waals surface area contributed by atoms with Crippen molar-refractivity contribution in [3.05, 3.63) is 66.0 Å². The number of halogens is 2. The summed E-state index contributed by atoms with van der Waals surface area (Å²) in [5, 5.41) is 13.0. The summed E-state index contributed by atoms with van der Waals surface area (Å²) >= 11 is 0. The van der Waals surface area contributed by atoms with E-state index in [1.54, 1.807) is 18.2 Å². The van der Waals surface area contributed by atoms with Gasteiger partial charge in [0.1, 0.15) is 24.4 Å². The van der Waals surface area contributed by atoms with Crippen LogP contribution in [0.25, 0.3) is 11.4 Å².